The van der Waals surface area contributed by atoms with Crippen LogP contribution in [-0.4, -0.2) is 19.1 Å². The topological polar surface area (TPSA) is 9.23 Å². The Balaban J connectivity index is 2.36. The van der Waals surface area contributed by atoms with Gasteiger partial charge in [0.15, 0.2) is 0 Å². The molecule has 0 aliphatic heterocycles. The van der Waals surface area contributed by atoms with Crippen LogP contribution in [0.15, 0.2) is 0 Å². The second-order valence-corrected chi connectivity index (χ2v) is 3.67. The molecular weight excluding hydrogens is 162 g/mol. The van der Waals surface area contributed by atoms with Gasteiger partial charge >= 0.3 is 0 Å². The molecule has 12 heavy (non-hydrogen) atoms. The molecule has 0 aromatic rings. The van der Waals surface area contributed by atoms with Gasteiger partial charge in [-0.2, -0.15) is 0 Å². The Hall–Kier alpha value is -0.180. The largest absolute Gasteiger partial charge is 0.381 e. The quantitative estimate of drug-likeness (QED) is 0.631. The number of halogens is 2. The van der Waals surface area contributed by atoms with Crippen LogP contribution in [0.25, 0.3) is 0 Å². The number of alkyl halides is 2. The highest BCUT2D eigenvalue weighted by Gasteiger charge is 2.36. The van der Waals surface area contributed by atoms with E-state index in [2.05, 4.69) is 0 Å². The van der Waals surface area contributed by atoms with E-state index in [-0.39, 0.29) is 6.10 Å². The zero-order valence-corrected chi connectivity index (χ0v) is 7.65. The van der Waals surface area contributed by atoms with Crippen LogP contribution in [0.4, 0.5) is 8.78 Å². The minimum absolute atomic E-state index is 0.212. The van der Waals surface area contributed by atoms with Crippen molar-refractivity contribution in [1.82, 2.24) is 0 Å². The summed E-state index contributed by atoms with van der Waals surface area (Å²) in [6.07, 6.45) is 2.97. The van der Waals surface area contributed by atoms with Crippen LogP contribution in [-0.2, 0) is 4.74 Å². The summed E-state index contributed by atoms with van der Waals surface area (Å²) in [6.45, 7) is 1.02. The third-order valence-electron chi connectivity index (χ3n) is 2.72. The fourth-order valence-corrected chi connectivity index (χ4v) is 1.81. The zero-order valence-electron chi connectivity index (χ0n) is 7.65. The monoisotopic (exact) mass is 178 g/mol. The molecule has 1 saturated carbocycles. The molecule has 0 bridgehead atoms. The Kier molecular flexibility index (Phi) is 3.04. The van der Waals surface area contributed by atoms with Crippen molar-refractivity contribution in [2.75, 3.05) is 7.11 Å². The molecule has 0 N–H and O–H groups in total. The van der Waals surface area contributed by atoms with Crippen LogP contribution >= 0.6 is 0 Å². The van der Waals surface area contributed by atoms with Crippen molar-refractivity contribution in [3.8, 4) is 0 Å². The Morgan fingerprint density at radius 2 is 1.67 bits per heavy atom. The van der Waals surface area contributed by atoms with Gasteiger partial charge in [-0.15, -0.1) is 0 Å². The second-order valence-electron chi connectivity index (χ2n) is 3.67. The molecule has 1 nitrogen and oxygen atoms in total. The van der Waals surface area contributed by atoms with E-state index in [1.165, 1.54) is 0 Å². The molecule has 1 aliphatic carbocycles. The highest BCUT2D eigenvalue weighted by Crippen LogP contribution is 2.36. The number of ether oxygens (including phenoxy) is 1. The van der Waals surface area contributed by atoms with E-state index >= 15 is 0 Å². The molecule has 0 saturated heterocycles. The highest BCUT2D eigenvalue weighted by atomic mass is 19.3. The molecule has 1 rings (SSSR count). The lowest BCUT2D eigenvalue weighted by molar-refractivity contribution is -0.0698. The third-order valence-corrected chi connectivity index (χ3v) is 2.72. The maximum absolute atomic E-state index is 12.8. The molecule has 0 heterocycles. The summed E-state index contributed by atoms with van der Waals surface area (Å²) < 4.78 is 30.7. The van der Waals surface area contributed by atoms with Gasteiger partial charge in [0, 0.05) is 13.0 Å². The molecule has 1 fully saturated rings. The first-order valence-corrected chi connectivity index (χ1v) is 4.44. The van der Waals surface area contributed by atoms with Gasteiger partial charge in [-0.05, 0) is 32.6 Å². The van der Waals surface area contributed by atoms with E-state index in [0.29, 0.717) is 12.8 Å². The molecule has 1 aliphatic rings. The van der Waals surface area contributed by atoms with Crippen LogP contribution in [0, 0.1) is 5.92 Å². The second kappa shape index (κ2) is 3.69. The van der Waals surface area contributed by atoms with Crippen LogP contribution in [0.3, 0.4) is 0 Å². The molecule has 0 radical (unpaired) electrons. The van der Waals surface area contributed by atoms with Crippen molar-refractivity contribution in [1.29, 1.82) is 0 Å². The highest BCUT2D eigenvalue weighted by molar-refractivity contribution is 4.79. The van der Waals surface area contributed by atoms with Crippen molar-refractivity contribution in [2.24, 2.45) is 5.92 Å². The lowest BCUT2D eigenvalue weighted by Gasteiger charge is -2.31. The molecule has 0 spiro atoms. The van der Waals surface area contributed by atoms with E-state index in [4.69, 9.17) is 4.74 Å². The lowest BCUT2D eigenvalue weighted by Crippen LogP contribution is -2.31. The molecule has 0 unspecified atom stereocenters. The van der Waals surface area contributed by atoms with Gasteiger partial charge in [-0.3, -0.25) is 0 Å². The number of hydrogen-bond acceptors (Lipinski definition) is 1. The van der Waals surface area contributed by atoms with Gasteiger partial charge in [0.05, 0.1) is 6.10 Å². The van der Waals surface area contributed by atoms with Crippen molar-refractivity contribution in [3.05, 3.63) is 0 Å². The van der Waals surface area contributed by atoms with E-state index < -0.39 is 11.8 Å². The maximum Gasteiger partial charge on any atom is 0.248 e. The predicted octanol–water partition coefficient (Wildman–Crippen LogP) is 2.85. The van der Waals surface area contributed by atoms with Crippen molar-refractivity contribution in [2.45, 2.75) is 44.6 Å². The third kappa shape index (κ3) is 2.41. The van der Waals surface area contributed by atoms with Crippen molar-refractivity contribution < 1.29 is 13.5 Å². The van der Waals surface area contributed by atoms with Crippen molar-refractivity contribution >= 4 is 0 Å². The molecule has 0 aromatic heterocycles. The van der Waals surface area contributed by atoms with Gasteiger partial charge in [-0.25, -0.2) is 8.78 Å². The van der Waals surface area contributed by atoms with E-state index in [0.717, 1.165) is 19.8 Å². The summed E-state index contributed by atoms with van der Waals surface area (Å²) in [5, 5.41) is 0. The first-order chi connectivity index (χ1) is 5.54. The summed E-state index contributed by atoms with van der Waals surface area (Å²) >= 11 is 0. The van der Waals surface area contributed by atoms with Gasteiger partial charge < -0.3 is 4.74 Å². The Bertz CT molecular complexity index is 134. The Labute approximate surface area is 72.1 Å². The number of methoxy groups -OCH3 is 1. The summed E-state index contributed by atoms with van der Waals surface area (Å²) in [4.78, 5) is 0. The van der Waals surface area contributed by atoms with Gasteiger partial charge in [0.25, 0.3) is 0 Å². The van der Waals surface area contributed by atoms with Gasteiger partial charge in [0.1, 0.15) is 0 Å². The van der Waals surface area contributed by atoms with E-state index in [1.54, 1.807) is 7.11 Å². The fraction of sp³-hybridized carbons (Fsp3) is 1.00. The SMILES string of the molecule is CO[C@H]1CC[C@@H](C(C)(F)F)CC1. The number of rotatable bonds is 2. The summed E-state index contributed by atoms with van der Waals surface area (Å²) in [7, 11) is 1.65. The van der Waals surface area contributed by atoms with Crippen LogP contribution in [0.2, 0.25) is 0 Å². The average molecular weight is 178 g/mol. The molecule has 3 heteroatoms. The van der Waals surface area contributed by atoms with Crippen LogP contribution in [0.5, 0.6) is 0 Å². The standard InChI is InChI=1S/C9H16F2O/c1-9(10,11)7-3-5-8(12-2)6-4-7/h7-8H,3-6H2,1-2H3/t7-,8+. The van der Waals surface area contributed by atoms with Crippen LogP contribution in [0.1, 0.15) is 32.6 Å². The summed E-state index contributed by atoms with van der Waals surface area (Å²) in [5.74, 6) is -2.93. The minimum atomic E-state index is -2.50. The van der Waals surface area contributed by atoms with E-state index in [1.807, 2.05) is 0 Å². The van der Waals surface area contributed by atoms with Crippen molar-refractivity contribution in [3.63, 3.8) is 0 Å². The maximum atomic E-state index is 12.8. The minimum Gasteiger partial charge on any atom is -0.381 e. The smallest absolute Gasteiger partial charge is 0.248 e. The number of hydrogen-bond donors (Lipinski definition) is 0. The Morgan fingerprint density at radius 3 is 2.00 bits per heavy atom. The Morgan fingerprint density at radius 1 is 1.17 bits per heavy atom. The predicted molar refractivity (Wildman–Crippen MR) is 43.4 cm³/mol. The first kappa shape index (κ1) is 9.90. The summed E-state index contributed by atoms with van der Waals surface area (Å²) in [6, 6.07) is 0. The molecule has 0 amide bonds. The first-order valence-electron chi connectivity index (χ1n) is 4.44. The van der Waals surface area contributed by atoms with Gasteiger partial charge in [-0.1, -0.05) is 0 Å². The molecular formula is C9H16F2O. The fourth-order valence-electron chi connectivity index (χ4n) is 1.81. The molecule has 0 atom stereocenters. The lowest BCUT2D eigenvalue weighted by atomic mass is 9.84. The molecule has 72 valence electrons. The zero-order chi connectivity index (χ0) is 9.19. The normalized spacial score (nSPS) is 32.0. The van der Waals surface area contributed by atoms with Gasteiger partial charge in [0.2, 0.25) is 5.92 Å². The summed E-state index contributed by atoms with van der Waals surface area (Å²) in [5.41, 5.74) is 0. The van der Waals surface area contributed by atoms with E-state index in [9.17, 15) is 8.78 Å². The average Bonchev–Trinajstić information content (AvgIpc) is 2.03. The van der Waals surface area contributed by atoms with Crippen LogP contribution < -0.4 is 0 Å². The molecule has 0 aromatic carbocycles.